The SMILES string of the molecule is Bc1cc(OC)cc2c1N(c1nc(Cl)cn([C@@H](CC)COC)c1=O)CCC2. The van der Waals surface area contributed by atoms with Crippen molar-refractivity contribution in [2.24, 2.45) is 0 Å². The molecule has 1 aromatic carbocycles. The van der Waals surface area contributed by atoms with Crippen LogP contribution >= 0.6 is 11.6 Å². The number of fused-ring (bicyclic) bond motifs is 1. The maximum absolute atomic E-state index is 13.3. The predicted octanol–water partition coefficient (Wildman–Crippen LogP) is 1.85. The number of nitrogens with zero attached hydrogens (tertiary/aromatic N) is 3. The van der Waals surface area contributed by atoms with E-state index >= 15 is 0 Å². The lowest BCUT2D eigenvalue weighted by Gasteiger charge is -2.32. The summed E-state index contributed by atoms with van der Waals surface area (Å²) in [6.45, 7) is 3.20. The highest BCUT2D eigenvalue weighted by Gasteiger charge is 2.26. The van der Waals surface area contributed by atoms with Gasteiger partial charge in [-0.2, -0.15) is 0 Å². The molecule has 3 rings (SSSR count). The molecule has 0 saturated heterocycles. The molecule has 0 bridgehead atoms. The van der Waals surface area contributed by atoms with E-state index in [-0.39, 0.29) is 11.6 Å². The van der Waals surface area contributed by atoms with E-state index in [1.165, 1.54) is 0 Å². The Morgan fingerprint density at radius 1 is 1.37 bits per heavy atom. The number of aryl methyl sites for hydroxylation is 1. The van der Waals surface area contributed by atoms with E-state index in [1.54, 1.807) is 25.0 Å². The van der Waals surface area contributed by atoms with E-state index in [2.05, 4.69) is 4.98 Å². The number of hydrogen-bond acceptors (Lipinski definition) is 5. The van der Waals surface area contributed by atoms with Gasteiger partial charge in [0, 0.05) is 25.5 Å². The summed E-state index contributed by atoms with van der Waals surface area (Å²) in [7, 11) is 5.33. The van der Waals surface area contributed by atoms with Gasteiger partial charge in [-0.05, 0) is 37.0 Å². The van der Waals surface area contributed by atoms with Gasteiger partial charge in [-0.3, -0.25) is 4.79 Å². The fourth-order valence-electron chi connectivity index (χ4n) is 3.76. The van der Waals surface area contributed by atoms with Gasteiger partial charge in [0.25, 0.3) is 5.56 Å². The molecular weight excluding hydrogens is 364 g/mol. The summed E-state index contributed by atoms with van der Waals surface area (Å²) in [6.07, 6.45) is 4.25. The highest BCUT2D eigenvalue weighted by molar-refractivity contribution is 6.36. The second-order valence-electron chi connectivity index (χ2n) is 6.82. The van der Waals surface area contributed by atoms with Gasteiger partial charge in [-0.15, -0.1) is 0 Å². The molecule has 0 fully saturated rings. The van der Waals surface area contributed by atoms with Crippen LogP contribution in [0.5, 0.6) is 5.75 Å². The summed E-state index contributed by atoms with van der Waals surface area (Å²) >= 11 is 6.30. The lowest BCUT2D eigenvalue weighted by atomic mass is 9.87. The molecule has 6 nitrogen and oxygen atoms in total. The van der Waals surface area contributed by atoms with Crippen LogP contribution in [0.1, 0.15) is 31.4 Å². The summed E-state index contributed by atoms with van der Waals surface area (Å²) in [5.74, 6) is 1.20. The maximum atomic E-state index is 13.3. The molecule has 2 heterocycles. The van der Waals surface area contributed by atoms with Crippen molar-refractivity contribution in [2.45, 2.75) is 32.2 Å². The smallest absolute Gasteiger partial charge is 0.294 e. The summed E-state index contributed by atoms with van der Waals surface area (Å²) in [5, 5.41) is 0.303. The lowest BCUT2D eigenvalue weighted by molar-refractivity contribution is 0.151. The Morgan fingerprint density at radius 2 is 2.15 bits per heavy atom. The van der Waals surface area contributed by atoms with Gasteiger partial charge in [0.1, 0.15) is 18.7 Å². The molecule has 0 aliphatic carbocycles. The van der Waals surface area contributed by atoms with E-state index in [0.29, 0.717) is 17.6 Å². The van der Waals surface area contributed by atoms with E-state index < -0.39 is 0 Å². The minimum absolute atomic E-state index is 0.0806. The number of ether oxygens (including phenoxy) is 2. The Hall–Kier alpha value is -1.99. The molecule has 144 valence electrons. The molecule has 0 radical (unpaired) electrons. The molecule has 1 atom stereocenters. The Bertz CT molecular complexity index is 887. The van der Waals surface area contributed by atoms with Crippen LogP contribution in [0.3, 0.4) is 0 Å². The van der Waals surface area contributed by atoms with Crippen LogP contribution in [0.2, 0.25) is 5.15 Å². The van der Waals surface area contributed by atoms with Crippen molar-refractivity contribution in [3.63, 3.8) is 0 Å². The third kappa shape index (κ3) is 3.85. The Balaban J connectivity index is 2.14. The number of halogens is 1. The van der Waals surface area contributed by atoms with Gasteiger partial charge in [-0.1, -0.05) is 24.0 Å². The molecule has 2 aromatic rings. The van der Waals surface area contributed by atoms with Crippen molar-refractivity contribution in [3.05, 3.63) is 39.4 Å². The number of methoxy groups -OCH3 is 2. The standard InChI is InChI=1S/C19H25BClN3O3/c1-4-13(11-26-2)24-10-16(21)22-18(19(24)25)23-7-5-6-12-8-14(27-3)9-15(20)17(12)23/h8-10,13H,4-7,11,20H2,1-3H3/t13-/m0/s1. The molecular formula is C19H25BClN3O3. The van der Waals surface area contributed by atoms with Crippen LogP contribution in [0, 0.1) is 0 Å². The molecule has 1 aromatic heterocycles. The van der Waals surface area contributed by atoms with Gasteiger partial charge in [-0.25, -0.2) is 4.98 Å². The van der Waals surface area contributed by atoms with Gasteiger partial charge >= 0.3 is 0 Å². The predicted molar refractivity (Wildman–Crippen MR) is 111 cm³/mol. The van der Waals surface area contributed by atoms with Crippen molar-refractivity contribution in [1.82, 2.24) is 9.55 Å². The number of benzene rings is 1. The third-order valence-corrected chi connectivity index (χ3v) is 5.23. The average molecular weight is 390 g/mol. The minimum Gasteiger partial charge on any atom is -0.497 e. The zero-order valence-electron chi connectivity index (χ0n) is 16.3. The van der Waals surface area contributed by atoms with Crippen LogP contribution in [-0.2, 0) is 11.2 Å². The van der Waals surface area contributed by atoms with Crippen molar-refractivity contribution < 1.29 is 9.47 Å². The van der Waals surface area contributed by atoms with Gasteiger partial charge in [0.2, 0.25) is 5.82 Å². The molecule has 0 amide bonds. The first-order valence-electron chi connectivity index (χ1n) is 9.22. The highest BCUT2D eigenvalue weighted by Crippen LogP contribution is 2.32. The molecule has 1 aliphatic rings. The van der Waals surface area contributed by atoms with E-state index in [1.807, 2.05) is 31.8 Å². The van der Waals surface area contributed by atoms with Crippen LogP contribution in [0.25, 0.3) is 0 Å². The first-order valence-corrected chi connectivity index (χ1v) is 9.60. The van der Waals surface area contributed by atoms with E-state index in [4.69, 9.17) is 21.1 Å². The average Bonchev–Trinajstić information content (AvgIpc) is 2.67. The van der Waals surface area contributed by atoms with Crippen molar-refractivity contribution in [3.8, 4) is 5.75 Å². The second-order valence-corrected chi connectivity index (χ2v) is 7.21. The monoisotopic (exact) mass is 389 g/mol. The fourth-order valence-corrected chi connectivity index (χ4v) is 3.95. The fraction of sp³-hybridized carbons (Fsp3) is 0.474. The topological polar surface area (TPSA) is 56.6 Å². The number of hydrogen-bond donors (Lipinski definition) is 0. The summed E-state index contributed by atoms with van der Waals surface area (Å²) in [6, 6.07) is 3.94. The van der Waals surface area contributed by atoms with Crippen LogP contribution in [0.15, 0.2) is 23.1 Å². The Labute approximate surface area is 165 Å². The van der Waals surface area contributed by atoms with E-state index in [0.717, 1.165) is 48.3 Å². The zero-order valence-corrected chi connectivity index (χ0v) is 17.0. The molecule has 0 N–H and O–H groups in total. The zero-order chi connectivity index (χ0) is 19.6. The van der Waals surface area contributed by atoms with E-state index in [9.17, 15) is 4.79 Å². The molecule has 27 heavy (non-hydrogen) atoms. The normalized spacial score (nSPS) is 14.7. The third-order valence-electron chi connectivity index (χ3n) is 5.05. The van der Waals surface area contributed by atoms with Crippen LogP contribution in [0.4, 0.5) is 11.5 Å². The van der Waals surface area contributed by atoms with Crippen molar-refractivity contribution in [1.29, 1.82) is 0 Å². The Morgan fingerprint density at radius 3 is 2.81 bits per heavy atom. The molecule has 8 heteroatoms. The first kappa shape index (κ1) is 19.8. The van der Waals surface area contributed by atoms with Crippen molar-refractivity contribution >= 4 is 36.4 Å². The molecule has 0 saturated carbocycles. The van der Waals surface area contributed by atoms with Crippen LogP contribution in [-0.4, -0.2) is 44.8 Å². The lowest BCUT2D eigenvalue weighted by Crippen LogP contribution is -2.38. The number of aromatic nitrogens is 2. The second kappa shape index (κ2) is 8.36. The summed E-state index contributed by atoms with van der Waals surface area (Å²) in [5.41, 5.74) is 3.10. The highest BCUT2D eigenvalue weighted by atomic mass is 35.5. The van der Waals surface area contributed by atoms with Crippen LogP contribution < -0.4 is 20.7 Å². The van der Waals surface area contributed by atoms with Gasteiger partial charge in [0.15, 0.2) is 0 Å². The van der Waals surface area contributed by atoms with Crippen molar-refractivity contribution in [2.75, 3.05) is 32.3 Å². The molecule has 1 aliphatic heterocycles. The minimum atomic E-state index is -0.147. The quantitative estimate of drug-likeness (QED) is 0.706. The summed E-state index contributed by atoms with van der Waals surface area (Å²) < 4.78 is 12.3. The Kier molecular flexibility index (Phi) is 6.12. The summed E-state index contributed by atoms with van der Waals surface area (Å²) in [4.78, 5) is 19.7. The largest absolute Gasteiger partial charge is 0.497 e. The molecule has 0 spiro atoms. The molecule has 0 unspecified atom stereocenters. The van der Waals surface area contributed by atoms with Gasteiger partial charge < -0.3 is 18.9 Å². The maximum Gasteiger partial charge on any atom is 0.294 e. The number of anilines is 2. The number of rotatable bonds is 6. The van der Waals surface area contributed by atoms with Gasteiger partial charge in [0.05, 0.1) is 19.8 Å². The first-order chi connectivity index (χ1) is 13.0.